The van der Waals surface area contributed by atoms with E-state index in [1.165, 1.54) is 0 Å². The maximum atomic E-state index is 12.1. The zero-order valence-corrected chi connectivity index (χ0v) is 13.0. The van der Waals surface area contributed by atoms with E-state index in [4.69, 9.17) is 4.74 Å². The van der Waals surface area contributed by atoms with Gasteiger partial charge in [0.15, 0.2) is 0 Å². The predicted octanol–water partition coefficient (Wildman–Crippen LogP) is 1.97. The Morgan fingerprint density at radius 1 is 1.48 bits per heavy atom. The molecule has 1 saturated heterocycles. The van der Waals surface area contributed by atoms with Crippen LogP contribution in [0.1, 0.15) is 39.3 Å². The van der Waals surface area contributed by atoms with Gasteiger partial charge >= 0.3 is 6.09 Å². The molecule has 1 N–H and O–H groups in total. The van der Waals surface area contributed by atoms with E-state index < -0.39 is 5.60 Å². The lowest BCUT2D eigenvalue weighted by atomic mass is 10.1. The van der Waals surface area contributed by atoms with Crippen molar-refractivity contribution in [1.82, 2.24) is 20.2 Å². The zero-order chi connectivity index (χ0) is 15.3. The number of carbonyl (C=O) groups excluding carboxylic acids is 1. The highest BCUT2D eigenvalue weighted by molar-refractivity contribution is 5.68. The van der Waals surface area contributed by atoms with Crippen molar-refractivity contribution >= 4 is 6.09 Å². The number of piperidine rings is 1. The van der Waals surface area contributed by atoms with Gasteiger partial charge in [0.2, 0.25) is 0 Å². The van der Waals surface area contributed by atoms with Crippen molar-refractivity contribution in [3.63, 3.8) is 0 Å². The van der Waals surface area contributed by atoms with Gasteiger partial charge in [0.05, 0.1) is 5.69 Å². The standard InChI is InChI=1S/C15H24N4O2/c1-15(2,3)21-14(20)19-8-4-5-12(11-19)18-10-13-9-16-6-7-17-13/h6-7,9,12,18H,4-5,8,10-11H2,1-3H3/t12-/m0/s1. The van der Waals surface area contributed by atoms with Gasteiger partial charge in [-0.2, -0.15) is 0 Å². The summed E-state index contributed by atoms with van der Waals surface area (Å²) in [4.78, 5) is 22.1. The molecule has 116 valence electrons. The number of carbonyl (C=O) groups is 1. The summed E-state index contributed by atoms with van der Waals surface area (Å²) < 4.78 is 5.43. The van der Waals surface area contributed by atoms with Crippen molar-refractivity contribution in [2.24, 2.45) is 0 Å². The number of aromatic nitrogens is 2. The summed E-state index contributed by atoms with van der Waals surface area (Å²) in [6.45, 7) is 7.77. The van der Waals surface area contributed by atoms with Gasteiger partial charge < -0.3 is 15.0 Å². The third-order valence-electron chi connectivity index (χ3n) is 3.26. The number of amides is 1. The van der Waals surface area contributed by atoms with Crippen molar-refractivity contribution in [3.05, 3.63) is 24.3 Å². The van der Waals surface area contributed by atoms with Crippen LogP contribution in [0.25, 0.3) is 0 Å². The highest BCUT2D eigenvalue weighted by Crippen LogP contribution is 2.15. The normalized spacial score (nSPS) is 19.4. The second-order valence-corrected chi connectivity index (χ2v) is 6.34. The van der Waals surface area contributed by atoms with E-state index in [0.717, 1.165) is 25.1 Å². The molecule has 6 heteroatoms. The van der Waals surface area contributed by atoms with Crippen LogP contribution in [0.4, 0.5) is 4.79 Å². The molecule has 21 heavy (non-hydrogen) atoms. The van der Waals surface area contributed by atoms with E-state index >= 15 is 0 Å². The molecule has 2 rings (SSSR count). The lowest BCUT2D eigenvalue weighted by molar-refractivity contribution is 0.0187. The van der Waals surface area contributed by atoms with Crippen LogP contribution in [-0.4, -0.2) is 45.7 Å². The molecule has 1 aromatic heterocycles. The first kappa shape index (κ1) is 15.7. The molecule has 1 fully saturated rings. The van der Waals surface area contributed by atoms with Crippen LogP contribution in [0.5, 0.6) is 0 Å². The summed E-state index contributed by atoms with van der Waals surface area (Å²) >= 11 is 0. The molecule has 2 heterocycles. The van der Waals surface area contributed by atoms with Crippen LogP contribution in [-0.2, 0) is 11.3 Å². The minimum atomic E-state index is -0.447. The van der Waals surface area contributed by atoms with Crippen LogP contribution >= 0.6 is 0 Å². The maximum absolute atomic E-state index is 12.1. The second kappa shape index (κ2) is 6.85. The van der Waals surface area contributed by atoms with E-state index in [1.54, 1.807) is 23.5 Å². The van der Waals surface area contributed by atoms with Crippen molar-refractivity contribution in [2.75, 3.05) is 13.1 Å². The Morgan fingerprint density at radius 3 is 2.95 bits per heavy atom. The third-order valence-corrected chi connectivity index (χ3v) is 3.26. The molecule has 1 atom stereocenters. The Hall–Kier alpha value is -1.69. The van der Waals surface area contributed by atoms with Gasteiger partial charge in [0, 0.05) is 44.3 Å². The summed E-state index contributed by atoms with van der Waals surface area (Å²) in [7, 11) is 0. The SMILES string of the molecule is CC(C)(C)OC(=O)N1CCC[C@H](NCc2cnccn2)C1. The average Bonchev–Trinajstić information content (AvgIpc) is 2.45. The molecular formula is C15H24N4O2. The zero-order valence-electron chi connectivity index (χ0n) is 13.0. The summed E-state index contributed by atoms with van der Waals surface area (Å²) in [5.74, 6) is 0. The molecule has 6 nitrogen and oxygen atoms in total. The van der Waals surface area contributed by atoms with Gasteiger partial charge in [-0.3, -0.25) is 9.97 Å². The average molecular weight is 292 g/mol. The lowest BCUT2D eigenvalue weighted by Gasteiger charge is -2.34. The van der Waals surface area contributed by atoms with Gasteiger partial charge in [-0.05, 0) is 33.6 Å². The number of ether oxygens (including phenoxy) is 1. The quantitative estimate of drug-likeness (QED) is 0.922. The van der Waals surface area contributed by atoms with Gasteiger partial charge in [-0.15, -0.1) is 0 Å². The van der Waals surface area contributed by atoms with Crippen LogP contribution in [0.3, 0.4) is 0 Å². The Kier molecular flexibility index (Phi) is 5.12. The first-order valence-corrected chi connectivity index (χ1v) is 7.40. The number of rotatable bonds is 3. The van der Waals surface area contributed by atoms with Crippen LogP contribution in [0, 0.1) is 0 Å². The first-order chi connectivity index (χ1) is 9.94. The summed E-state index contributed by atoms with van der Waals surface area (Å²) in [6, 6.07) is 0.272. The molecule has 0 saturated carbocycles. The Morgan fingerprint density at radius 2 is 2.29 bits per heavy atom. The fraction of sp³-hybridized carbons (Fsp3) is 0.667. The Balaban J connectivity index is 1.82. The minimum absolute atomic E-state index is 0.228. The fourth-order valence-electron chi connectivity index (χ4n) is 2.31. The van der Waals surface area contributed by atoms with Crippen molar-refractivity contribution in [1.29, 1.82) is 0 Å². The minimum Gasteiger partial charge on any atom is -0.444 e. The fourth-order valence-corrected chi connectivity index (χ4v) is 2.31. The first-order valence-electron chi connectivity index (χ1n) is 7.40. The molecule has 1 aromatic rings. The Bertz CT molecular complexity index is 458. The van der Waals surface area contributed by atoms with Crippen LogP contribution in [0.2, 0.25) is 0 Å². The number of nitrogens with one attached hydrogen (secondary N) is 1. The molecule has 0 unspecified atom stereocenters. The highest BCUT2D eigenvalue weighted by atomic mass is 16.6. The van der Waals surface area contributed by atoms with Gasteiger partial charge in [-0.25, -0.2) is 4.79 Å². The van der Waals surface area contributed by atoms with Gasteiger partial charge in [-0.1, -0.05) is 0 Å². The molecule has 1 aliphatic heterocycles. The number of hydrogen-bond donors (Lipinski definition) is 1. The van der Waals surface area contributed by atoms with Crippen molar-refractivity contribution in [2.45, 2.75) is 51.8 Å². The van der Waals surface area contributed by atoms with E-state index in [0.29, 0.717) is 13.1 Å². The van der Waals surface area contributed by atoms with E-state index in [2.05, 4.69) is 15.3 Å². The number of likely N-dealkylation sites (tertiary alicyclic amines) is 1. The summed E-state index contributed by atoms with van der Waals surface area (Å²) in [5, 5.41) is 3.43. The van der Waals surface area contributed by atoms with Gasteiger partial charge in [0.1, 0.15) is 5.60 Å². The number of nitrogens with zero attached hydrogens (tertiary/aromatic N) is 3. The van der Waals surface area contributed by atoms with Gasteiger partial charge in [0.25, 0.3) is 0 Å². The molecule has 0 radical (unpaired) electrons. The smallest absolute Gasteiger partial charge is 0.410 e. The highest BCUT2D eigenvalue weighted by Gasteiger charge is 2.27. The Labute approximate surface area is 125 Å². The number of hydrogen-bond acceptors (Lipinski definition) is 5. The lowest BCUT2D eigenvalue weighted by Crippen LogP contribution is -2.49. The third kappa shape index (κ3) is 5.30. The monoisotopic (exact) mass is 292 g/mol. The largest absolute Gasteiger partial charge is 0.444 e. The summed E-state index contributed by atoms with van der Waals surface area (Å²) in [6.07, 6.45) is 6.91. The summed E-state index contributed by atoms with van der Waals surface area (Å²) in [5.41, 5.74) is 0.462. The van der Waals surface area contributed by atoms with E-state index in [1.807, 2.05) is 20.8 Å². The molecule has 0 aliphatic carbocycles. The van der Waals surface area contributed by atoms with Crippen molar-refractivity contribution in [3.8, 4) is 0 Å². The molecule has 0 aromatic carbocycles. The van der Waals surface area contributed by atoms with Crippen molar-refractivity contribution < 1.29 is 9.53 Å². The van der Waals surface area contributed by atoms with Crippen LogP contribution < -0.4 is 5.32 Å². The molecule has 0 spiro atoms. The maximum Gasteiger partial charge on any atom is 0.410 e. The topological polar surface area (TPSA) is 67.3 Å². The second-order valence-electron chi connectivity index (χ2n) is 6.34. The predicted molar refractivity (Wildman–Crippen MR) is 79.7 cm³/mol. The van der Waals surface area contributed by atoms with Crippen LogP contribution in [0.15, 0.2) is 18.6 Å². The molecular weight excluding hydrogens is 268 g/mol. The van der Waals surface area contributed by atoms with E-state index in [-0.39, 0.29) is 12.1 Å². The van der Waals surface area contributed by atoms with E-state index in [9.17, 15) is 4.79 Å². The molecule has 1 amide bonds. The molecule has 0 bridgehead atoms. The molecule has 1 aliphatic rings.